The fourth-order valence-corrected chi connectivity index (χ4v) is 2.37. The van der Waals surface area contributed by atoms with E-state index < -0.39 is 0 Å². The van der Waals surface area contributed by atoms with Crippen LogP contribution in [0.4, 0.5) is 0 Å². The summed E-state index contributed by atoms with van der Waals surface area (Å²) in [6.07, 6.45) is 3.04. The quantitative estimate of drug-likeness (QED) is 0.309. The van der Waals surface area contributed by atoms with Gasteiger partial charge < -0.3 is 20.1 Å². The number of nitrogens with zero attached hydrogens (tertiary/aromatic N) is 5. The van der Waals surface area contributed by atoms with E-state index in [1.54, 1.807) is 6.33 Å². The van der Waals surface area contributed by atoms with Crippen molar-refractivity contribution >= 4 is 35.8 Å². The average Bonchev–Trinajstić information content (AvgIpc) is 3.03. The van der Waals surface area contributed by atoms with Crippen molar-refractivity contribution in [1.29, 1.82) is 0 Å². The van der Waals surface area contributed by atoms with E-state index in [0.717, 1.165) is 50.9 Å². The number of hydrogen-bond donors (Lipinski definition) is 2. The van der Waals surface area contributed by atoms with E-state index in [1.165, 1.54) is 0 Å². The van der Waals surface area contributed by atoms with Crippen LogP contribution in [-0.4, -0.2) is 64.3 Å². The number of carbonyl (C=O) groups excluding carboxylic acids is 1. The largest absolute Gasteiger partial charge is 0.357 e. The van der Waals surface area contributed by atoms with Crippen LogP contribution in [0.25, 0.3) is 0 Å². The molecule has 25 heavy (non-hydrogen) atoms. The summed E-state index contributed by atoms with van der Waals surface area (Å²) in [5.41, 5.74) is 0. The molecular formula is C16H32IN7O. The van der Waals surface area contributed by atoms with Crippen LogP contribution in [0.1, 0.15) is 39.9 Å². The number of amides is 1. The van der Waals surface area contributed by atoms with E-state index in [1.807, 2.05) is 30.2 Å². The molecule has 0 aliphatic carbocycles. The molecule has 0 aliphatic heterocycles. The van der Waals surface area contributed by atoms with Crippen LogP contribution < -0.4 is 10.6 Å². The molecule has 0 unspecified atom stereocenters. The van der Waals surface area contributed by atoms with Crippen molar-refractivity contribution in [3.63, 3.8) is 0 Å². The Morgan fingerprint density at radius 2 is 1.96 bits per heavy atom. The molecule has 9 heteroatoms. The maximum atomic E-state index is 12.0. The number of guanidine groups is 1. The molecule has 1 aromatic heterocycles. The first-order valence-corrected chi connectivity index (χ1v) is 8.82. The van der Waals surface area contributed by atoms with Crippen molar-refractivity contribution in [2.24, 2.45) is 4.99 Å². The number of aliphatic imine (C=N–C) groups is 1. The van der Waals surface area contributed by atoms with Crippen molar-refractivity contribution in [2.75, 3.05) is 32.7 Å². The van der Waals surface area contributed by atoms with Gasteiger partial charge in [-0.1, -0.05) is 6.92 Å². The molecule has 1 amide bonds. The standard InChI is InChI=1S/C16H31N7O.HI/c1-5-14-21-20-13-23(14)12-11-19-16(17-6-2)18-10-9-15(24)22(7-3)8-4;/h13H,5-12H2,1-4H3,(H2,17,18,19);1H. The Labute approximate surface area is 167 Å². The predicted molar refractivity (Wildman–Crippen MR) is 111 cm³/mol. The predicted octanol–water partition coefficient (Wildman–Crippen LogP) is 1.27. The van der Waals surface area contributed by atoms with Gasteiger partial charge in [0.15, 0.2) is 5.96 Å². The second-order valence-electron chi connectivity index (χ2n) is 5.30. The maximum absolute atomic E-state index is 12.0. The molecule has 0 aromatic carbocycles. The molecule has 1 rings (SSSR count). The van der Waals surface area contributed by atoms with Gasteiger partial charge in [-0.15, -0.1) is 34.2 Å². The van der Waals surface area contributed by atoms with E-state index >= 15 is 0 Å². The van der Waals surface area contributed by atoms with Crippen LogP contribution in [0.2, 0.25) is 0 Å². The van der Waals surface area contributed by atoms with Crippen molar-refractivity contribution in [3.8, 4) is 0 Å². The summed E-state index contributed by atoms with van der Waals surface area (Å²) in [5, 5.41) is 14.5. The molecule has 1 heterocycles. The third kappa shape index (κ3) is 8.50. The highest BCUT2D eigenvalue weighted by atomic mass is 127. The Morgan fingerprint density at radius 1 is 1.24 bits per heavy atom. The minimum absolute atomic E-state index is 0. The van der Waals surface area contributed by atoms with E-state index in [-0.39, 0.29) is 29.9 Å². The Morgan fingerprint density at radius 3 is 2.56 bits per heavy atom. The fourth-order valence-electron chi connectivity index (χ4n) is 2.37. The zero-order chi connectivity index (χ0) is 17.8. The number of hydrogen-bond acceptors (Lipinski definition) is 4. The third-order valence-corrected chi connectivity index (χ3v) is 3.71. The molecule has 1 aromatic rings. The molecule has 0 aliphatic rings. The van der Waals surface area contributed by atoms with Gasteiger partial charge in [0, 0.05) is 45.6 Å². The lowest BCUT2D eigenvalue weighted by atomic mass is 10.3. The smallest absolute Gasteiger partial charge is 0.224 e. The normalized spacial score (nSPS) is 11.0. The van der Waals surface area contributed by atoms with E-state index in [0.29, 0.717) is 13.0 Å². The van der Waals surface area contributed by atoms with Gasteiger partial charge in [-0.05, 0) is 20.8 Å². The van der Waals surface area contributed by atoms with Gasteiger partial charge in [0.05, 0.1) is 6.54 Å². The number of aromatic nitrogens is 3. The van der Waals surface area contributed by atoms with Gasteiger partial charge in [-0.25, -0.2) is 0 Å². The second kappa shape index (κ2) is 13.9. The summed E-state index contributed by atoms with van der Waals surface area (Å²) in [6, 6.07) is 0. The number of halogens is 1. The molecule has 0 radical (unpaired) electrons. The van der Waals surface area contributed by atoms with E-state index in [4.69, 9.17) is 0 Å². The molecule has 0 saturated carbocycles. The third-order valence-electron chi connectivity index (χ3n) is 3.71. The summed E-state index contributed by atoms with van der Waals surface area (Å²) >= 11 is 0. The molecule has 0 saturated heterocycles. The number of nitrogens with one attached hydrogen (secondary N) is 2. The number of aryl methyl sites for hydroxylation is 1. The average molecular weight is 465 g/mol. The lowest BCUT2D eigenvalue weighted by Gasteiger charge is -2.18. The van der Waals surface area contributed by atoms with Gasteiger partial charge in [0.2, 0.25) is 5.91 Å². The van der Waals surface area contributed by atoms with Crippen molar-refractivity contribution in [3.05, 3.63) is 12.2 Å². The molecule has 0 atom stereocenters. The van der Waals surface area contributed by atoms with Crippen LogP contribution in [0, 0.1) is 0 Å². The van der Waals surface area contributed by atoms with Crippen LogP contribution in [0.15, 0.2) is 11.3 Å². The van der Waals surface area contributed by atoms with Gasteiger partial charge in [0.25, 0.3) is 0 Å². The van der Waals surface area contributed by atoms with Gasteiger partial charge in [-0.3, -0.25) is 9.79 Å². The fraction of sp³-hybridized carbons (Fsp3) is 0.750. The molecule has 2 N–H and O–H groups in total. The van der Waals surface area contributed by atoms with Gasteiger partial charge in [-0.2, -0.15) is 0 Å². The first-order chi connectivity index (χ1) is 11.7. The summed E-state index contributed by atoms with van der Waals surface area (Å²) < 4.78 is 2.03. The zero-order valence-electron chi connectivity index (χ0n) is 15.8. The first kappa shape index (κ1) is 23.6. The molecule has 0 fully saturated rings. The summed E-state index contributed by atoms with van der Waals surface area (Å²) in [4.78, 5) is 18.3. The van der Waals surface area contributed by atoms with Gasteiger partial charge >= 0.3 is 0 Å². The van der Waals surface area contributed by atoms with Crippen molar-refractivity contribution in [2.45, 2.75) is 47.1 Å². The number of rotatable bonds is 10. The second-order valence-corrected chi connectivity index (χ2v) is 5.30. The highest BCUT2D eigenvalue weighted by Gasteiger charge is 2.08. The maximum Gasteiger partial charge on any atom is 0.224 e. The Balaban J connectivity index is 0.00000576. The van der Waals surface area contributed by atoms with Crippen molar-refractivity contribution in [1.82, 2.24) is 30.3 Å². The monoisotopic (exact) mass is 465 g/mol. The minimum Gasteiger partial charge on any atom is -0.357 e. The molecule has 8 nitrogen and oxygen atoms in total. The summed E-state index contributed by atoms with van der Waals surface area (Å²) in [6.45, 7) is 12.3. The molecule has 0 bridgehead atoms. The molecular weight excluding hydrogens is 433 g/mol. The highest BCUT2D eigenvalue weighted by molar-refractivity contribution is 14.0. The summed E-state index contributed by atoms with van der Waals surface area (Å²) in [5.74, 6) is 1.86. The topological polar surface area (TPSA) is 87.4 Å². The minimum atomic E-state index is 0. The Hall–Kier alpha value is -1.39. The zero-order valence-corrected chi connectivity index (χ0v) is 18.1. The molecule has 144 valence electrons. The van der Waals surface area contributed by atoms with Crippen LogP contribution in [0.3, 0.4) is 0 Å². The van der Waals surface area contributed by atoms with Crippen LogP contribution in [-0.2, 0) is 17.8 Å². The Bertz CT molecular complexity index is 514. The lowest BCUT2D eigenvalue weighted by Crippen LogP contribution is -2.39. The van der Waals surface area contributed by atoms with E-state index in [9.17, 15) is 4.79 Å². The molecule has 0 spiro atoms. The lowest BCUT2D eigenvalue weighted by molar-refractivity contribution is -0.130. The first-order valence-electron chi connectivity index (χ1n) is 8.82. The SMILES string of the molecule is CCNC(=NCCC(=O)N(CC)CC)NCCn1cnnc1CC.I. The van der Waals surface area contributed by atoms with Gasteiger partial charge in [0.1, 0.15) is 12.2 Å². The van der Waals surface area contributed by atoms with Crippen molar-refractivity contribution < 1.29 is 4.79 Å². The van der Waals surface area contributed by atoms with Crippen LogP contribution in [0.5, 0.6) is 0 Å². The summed E-state index contributed by atoms with van der Waals surface area (Å²) in [7, 11) is 0. The van der Waals surface area contributed by atoms with Crippen LogP contribution >= 0.6 is 24.0 Å². The highest BCUT2D eigenvalue weighted by Crippen LogP contribution is 1.96. The Kier molecular flexibility index (Phi) is 13.1. The van der Waals surface area contributed by atoms with E-state index in [2.05, 4.69) is 32.7 Å². The number of carbonyl (C=O) groups is 1.